The largest absolute Gasteiger partial charge is 0.468 e. The highest BCUT2D eigenvalue weighted by Gasteiger charge is 2.25. The van der Waals surface area contributed by atoms with Crippen LogP contribution in [-0.4, -0.2) is 28.8 Å². The Hall–Kier alpha value is -2.54. The molecule has 2 aromatic rings. The minimum Gasteiger partial charge on any atom is -0.468 e. The molecule has 1 saturated heterocycles. The molecule has 1 aliphatic rings. The Morgan fingerprint density at radius 1 is 1.36 bits per heavy atom. The maximum Gasteiger partial charge on any atom is 0.325 e. The summed E-state index contributed by atoms with van der Waals surface area (Å²) >= 11 is 0.865. The summed E-state index contributed by atoms with van der Waals surface area (Å²) in [7, 11) is 1.34. The molecule has 0 spiro atoms. The van der Waals surface area contributed by atoms with Crippen molar-refractivity contribution in [2.45, 2.75) is 6.54 Å². The van der Waals surface area contributed by atoms with Gasteiger partial charge in [0.2, 0.25) is 0 Å². The van der Waals surface area contributed by atoms with Crippen molar-refractivity contribution >= 4 is 45.9 Å². The number of imide groups is 1. The van der Waals surface area contributed by atoms with Crippen molar-refractivity contribution in [1.29, 1.82) is 0 Å². The van der Waals surface area contributed by atoms with Crippen LogP contribution in [0.25, 0.3) is 17.0 Å². The lowest BCUT2D eigenvalue weighted by molar-refractivity contribution is -0.141. The first kappa shape index (κ1) is 14.4. The van der Waals surface area contributed by atoms with Crippen molar-refractivity contribution in [3.63, 3.8) is 0 Å². The summed E-state index contributed by atoms with van der Waals surface area (Å²) in [6, 6.07) is 7.52. The number of esters is 1. The lowest BCUT2D eigenvalue weighted by Crippen LogP contribution is -2.17. The Balaban J connectivity index is 2.07. The number of fused-ring (bicyclic) bond motifs is 1. The number of hydrogen-bond donors (Lipinski definition) is 1. The second kappa shape index (κ2) is 5.69. The molecule has 1 aromatic heterocycles. The van der Waals surface area contributed by atoms with E-state index in [0.717, 1.165) is 28.2 Å². The molecule has 2 amide bonds. The van der Waals surface area contributed by atoms with Crippen molar-refractivity contribution in [2.24, 2.45) is 0 Å². The molecule has 1 N–H and O–H groups in total. The van der Waals surface area contributed by atoms with E-state index < -0.39 is 5.91 Å². The van der Waals surface area contributed by atoms with Gasteiger partial charge in [-0.1, -0.05) is 18.2 Å². The zero-order valence-corrected chi connectivity index (χ0v) is 12.5. The van der Waals surface area contributed by atoms with E-state index in [1.165, 1.54) is 7.11 Å². The molecule has 22 heavy (non-hydrogen) atoms. The van der Waals surface area contributed by atoms with Crippen LogP contribution in [0.15, 0.2) is 35.4 Å². The molecule has 0 atom stereocenters. The Labute approximate surface area is 130 Å². The van der Waals surface area contributed by atoms with Crippen molar-refractivity contribution < 1.29 is 19.1 Å². The predicted octanol–water partition coefficient (Wildman–Crippen LogP) is 2.14. The summed E-state index contributed by atoms with van der Waals surface area (Å²) in [6.07, 6.45) is 3.42. The number of aromatic nitrogens is 1. The second-order valence-electron chi connectivity index (χ2n) is 4.66. The third-order valence-electron chi connectivity index (χ3n) is 3.28. The van der Waals surface area contributed by atoms with Gasteiger partial charge < -0.3 is 9.30 Å². The highest BCUT2D eigenvalue weighted by molar-refractivity contribution is 8.18. The van der Waals surface area contributed by atoms with Gasteiger partial charge in [-0.25, -0.2) is 0 Å². The van der Waals surface area contributed by atoms with Crippen LogP contribution in [0.3, 0.4) is 0 Å². The zero-order valence-electron chi connectivity index (χ0n) is 11.7. The zero-order chi connectivity index (χ0) is 15.7. The summed E-state index contributed by atoms with van der Waals surface area (Å²) in [5.41, 5.74) is 1.63. The van der Waals surface area contributed by atoms with Gasteiger partial charge in [0.05, 0.1) is 12.0 Å². The highest BCUT2D eigenvalue weighted by Crippen LogP contribution is 2.29. The number of amides is 2. The number of ether oxygens (including phenoxy) is 1. The van der Waals surface area contributed by atoms with Crippen LogP contribution in [-0.2, 0) is 20.9 Å². The number of thioether (sulfide) groups is 1. The minimum atomic E-state index is -0.403. The summed E-state index contributed by atoms with van der Waals surface area (Å²) in [5, 5.41) is 2.73. The Morgan fingerprint density at radius 2 is 2.14 bits per heavy atom. The van der Waals surface area contributed by atoms with Crippen LogP contribution < -0.4 is 5.32 Å². The average Bonchev–Trinajstić information content (AvgIpc) is 3.00. The molecule has 0 radical (unpaired) electrons. The van der Waals surface area contributed by atoms with Crippen LogP contribution in [0, 0.1) is 0 Å². The predicted molar refractivity (Wildman–Crippen MR) is 83.1 cm³/mol. The number of methoxy groups -OCH3 is 1. The van der Waals surface area contributed by atoms with Gasteiger partial charge in [0.1, 0.15) is 6.54 Å². The SMILES string of the molecule is COC(=O)Cn1cc(C=C2SC(=O)NC2=O)c2ccccc21. The quantitative estimate of drug-likeness (QED) is 0.693. The van der Waals surface area contributed by atoms with E-state index in [-0.39, 0.29) is 17.8 Å². The first-order valence-corrected chi connectivity index (χ1v) is 7.29. The van der Waals surface area contributed by atoms with Gasteiger partial charge in [0.25, 0.3) is 11.1 Å². The average molecular weight is 316 g/mol. The van der Waals surface area contributed by atoms with E-state index >= 15 is 0 Å². The van der Waals surface area contributed by atoms with E-state index in [1.54, 1.807) is 16.8 Å². The molecular weight excluding hydrogens is 304 g/mol. The summed E-state index contributed by atoms with van der Waals surface area (Å²) in [5.74, 6) is -0.761. The van der Waals surface area contributed by atoms with Crippen molar-refractivity contribution in [3.8, 4) is 0 Å². The van der Waals surface area contributed by atoms with Gasteiger partial charge in [-0.2, -0.15) is 0 Å². The molecule has 0 saturated carbocycles. The molecule has 112 valence electrons. The number of para-hydroxylation sites is 1. The smallest absolute Gasteiger partial charge is 0.325 e. The second-order valence-corrected chi connectivity index (χ2v) is 5.67. The Kier molecular flexibility index (Phi) is 3.72. The van der Waals surface area contributed by atoms with Crippen molar-refractivity contribution in [1.82, 2.24) is 9.88 Å². The summed E-state index contributed by atoms with van der Waals surface area (Å²) in [6.45, 7) is 0.0818. The molecule has 6 nitrogen and oxygen atoms in total. The van der Waals surface area contributed by atoms with Crippen LogP contribution in [0.1, 0.15) is 5.56 Å². The molecular formula is C15H12N2O4S. The highest BCUT2D eigenvalue weighted by atomic mass is 32.2. The number of nitrogens with zero attached hydrogens (tertiary/aromatic N) is 1. The van der Waals surface area contributed by atoms with Gasteiger partial charge in [0.15, 0.2) is 0 Å². The third-order valence-corrected chi connectivity index (χ3v) is 4.09. The van der Waals surface area contributed by atoms with Gasteiger partial charge in [0, 0.05) is 22.7 Å². The van der Waals surface area contributed by atoms with Crippen LogP contribution in [0.5, 0.6) is 0 Å². The Morgan fingerprint density at radius 3 is 2.82 bits per heavy atom. The molecule has 7 heteroatoms. The third kappa shape index (κ3) is 2.62. The van der Waals surface area contributed by atoms with E-state index in [9.17, 15) is 14.4 Å². The lowest BCUT2D eigenvalue weighted by Gasteiger charge is -2.02. The fourth-order valence-corrected chi connectivity index (χ4v) is 2.96. The molecule has 1 aromatic carbocycles. The van der Waals surface area contributed by atoms with Gasteiger partial charge in [-0.15, -0.1) is 0 Å². The van der Waals surface area contributed by atoms with E-state index in [4.69, 9.17) is 0 Å². The number of carbonyl (C=O) groups is 3. The standard InChI is InChI=1S/C15H12N2O4S/c1-21-13(18)8-17-7-9(10-4-2-3-5-11(10)17)6-12-14(19)16-15(20)22-12/h2-7H,8H2,1H3,(H,16,19,20). The van der Waals surface area contributed by atoms with Crippen LogP contribution in [0.2, 0.25) is 0 Å². The molecule has 0 aliphatic carbocycles. The first-order chi connectivity index (χ1) is 10.6. The maximum absolute atomic E-state index is 11.7. The minimum absolute atomic E-state index is 0.0818. The van der Waals surface area contributed by atoms with Gasteiger partial charge >= 0.3 is 5.97 Å². The Bertz CT molecular complexity index is 822. The first-order valence-electron chi connectivity index (χ1n) is 6.48. The topological polar surface area (TPSA) is 77.4 Å². The molecule has 3 rings (SSSR count). The number of benzene rings is 1. The van der Waals surface area contributed by atoms with E-state index in [0.29, 0.717) is 4.91 Å². The fraction of sp³-hybridized carbons (Fsp3) is 0.133. The molecule has 0 bridgehead atoms. The van der Waals surface area contributed by atoms with Crippen LogP contribution in [0.4, 0.5) is 4.79 Å². The van der Waals surface area contributed by atoms with Gasteiger partial charge in [-0.3, -0.25) is 19.7 Å². The monoisotopic (exact) mass is 316 g/mol. The van der Waals surface area contributed by atoms with E-state index in [1.807, 2.05) is 24.3 Å². The molecule has 2 heterocycles. The number of carbonyl (C=O) groups excluding carboxylic acids is 3. The lowest BCUT2D eigenvalue weighted by atomic mass is 10.1. The van der Waals surface area contributed by atoms with Crippen molar-refractivity contribution in [2.75, 3.05) is 7.11 Å². The normalized spacial score (nSPS) is 16.3. The molecule has 0 unspecified atom stereocenters. The number of nitrogens with one attached hydrogen (secondary N) is 1. The van der Waals surface area contributed by atoms with E-state index in [2.05, 4.69) is 10.1 Å². The number of rotatable bonds is 3. The molecule has 1 aliphatic heterocycles. The van der Waals surface area contributed by atoms with Crippen molar-refractivity contribution in [3.05, 3.63) is 40.9 Å². The summed E-state index contributed by atoms with van der Waals surface area (Å²) in [4.78, 5) is 34.7. The van der Waals surface area contributed by atoms with Gasteiger partial charge in [-0.05, 0) is 23.9 Å². The van der Waals surface area contributed by atoms with Crippen LogP contribution >= 0.6 is 11.8 Å². The number of hydrogen-bond acceptors (Lipinski definition) is 5. The molecule has 1 fully saturated rings. The maximum atomic E-state index is 11.7. The summed E-state index contributed by atoms with van der Waals surface area (Å²) < 4.78 is 6.45. The fourth-order valence-electron chi connectivity index (χ4n) is 2.29.